The number of carbonyl (C=O) groups excluding carboxylic acids is 1. The topological polar surface area (TPSA) is 70.3 Å². The highest BCUT2D eigenvalue weighted by Crippen LogP contribution is 2.35. The summed E-state index contributed by atoms with van der Waals surface area (Å²) in [6, 6.07) is 2.26. The second-order valence-corrected chi connectivity index (χ2v) is 3.02. The van der Waals surface area contributed by atoms with Crippen LogP contribution in [-0.4, -0.2) is 18.2 Å². The lowest BCUT2D eigenvalue weighted by Crippen LogP contribution is -2.11. The number of aromatic hydroxyl groups is 1. The van der Waals surface area contributed by atoms with Crippen molar-refractivity contribution >= 4 is 5.97 Å². The van der Waals surface area contributed by atoms with E-state index >= 15 is 0 Å². The molecule has 17 heavy (non-hydrogen) atoms. The number of rotatable bonds is 1. The predicted octanol–water partition coefficient (Wildman–Crippen LogP) is 2.07. The van der Waals surface area contributed by atoms with Crippen LogP contribution in [0.4, 0.5) is 13.2 Å². The van der Waals surface area contributed by atoms with Crippen LogP contribution in [0.25, 0.3) is 0 Å². The van der Waals surface area contributed by atoms with Crippen molar-refractivity contribution in [1.82, 2.24) is 0 Å². The lowest BCUT2D eigenvalue weighted by Gasteiger charge is -2.11. The van der Waals surface area contributed by atoms with Gasteiger partial charge >= 0.3 is 12.1 Å². The normalized spacial score (nSPS) is 10.8. The Morgan fingerprint density at radius 1 is 1.47 bits per heavy atom. The summed E-state index contributed by atoms with van der Waals surface area (Å²) in [6.45, 7) is 0. The number of nitrogens with zero attached hydrogens (tertiary/aromatic N) is 1. The molecule has 90 valence electrons. The van der Waals surface area contributed by atoms with Crippen molar-refractivity contribution in [2.24, 2.45) is 0 Å². The molecule has 0 atom stereocenters. The van der Waals surface area contributed by atoms with Crippen LogP contribution < -0.4 is 0 Å². The van der Waals surface area contributed by atoms with E-state index in [2.05, 4.69) is 4.74 Å². The molecule has 0 saturated heterocycles. The molecule has 0 aliphatic heterocycles. The molecule has 1 aromatic carbocycles. The number of phenols is 1. The van der Waals surface area contributed by atoms with Gasteiger partial charge in [0.15, 0.2) is 0 Å². The summed E-state index contributed by atoms with van der Waals surface area (Å²) in [6.07, 6.45) is -4.79. The smallest absolute Gasteiger partial charge is 0.417 e. The first-order chi connectivity index (χ1) is 7.81. The maximum atomic E-state index is 12.5. The monoisotopic (exact) mass is 245 g/mol. The SMILES string of the molecule is COC(=O)c1cc(C(F)(F)F)c(C#N)cc1O. The van der Waals surface area contributed by atoms with Crippen LogP contribution in [0.5, 0.6) is 5.75 Å². The number of ether oxygens (including phenoxy) is 1. The van der Waals surface area contributed by atoms with Crippen molar-refractivity contribution in [2.75, 3.05) is 7.11 Å². The number of alkyl halides is 3. The number of halogens is 3. The zero-order valence-corrected chi connectivity index (χ0v) is 8.50. The van der Waals surface area contributed by atoms with Crippen LogP contribution in [-0.2, 0) is 10.9 Å². The number of nitriles is 1. The average molecular weight is 245 g/mol. The maximum absolute atomic E-state index is 12.5. The minimum Gasteiger partial charge on any atom is -0.507 e. The van der Waals surface area contributed by atoms with Gasteiger partial charge in [0.05, 0.1) is 24.3 Å². The highest BCUT2D eigenvalue weighted by atomic mass is 19.4. The second-order valence-electron chi connectivity index (χ2n) is 3.02. The Morgan fingerprint density at radius 2 is 2.06 bits per heavy atom. The number of esters is 1. The summed E-state index contributed by atoms with van der Waals surface area (Å²) in [5.41, 5.74) is -2.69. The summed E-state index contributed by atoms with van der Waals surface area (Å²) >= 11 is 0. The van der Waals surface area contributed by atoms with E-state index in [-0.39, 0.29) is 0 Å². The Hall–Kier alpha value is -2.23. The fourth-order valence-corrected chi connectivity index (χ4v) is 1.19. The Labute approximate surface area is 93.8 Å². The molecule has 0 bridgehead atoms. The lowest BCUT2D eigenvalue weighted by atomic mass is 10.0. The molecule has 0 spiro atoms. The Bertz CT molecular complexity index is 503. The molecule has 0 saturated carbocycles. The Kier molecular flexibility index (Phi) is 3.27. The molecule has 4 nitrogen and oxygen atoms in total. The van der Waals surface area contributed by atoms with E-state index in [1.165, 1.54) is 6.07 Å². The second kappa shape index (κ2) is 4.33. The minimum atomic E-state index is -4.79. The average Bonchev–Trinajstić information content (AvgIpc) is 2.25. The molecule has 0 aliphatic rings. The van der Waals surface area contributed by atoms with Crippen LogP contribution in [0.1, 0.15) is 21.5 Å². The molecule has 0 unspecified atom stereocenters. The third-order valence-electron chi connectivity index (χ3n) is 1.97. The molecule has 1 rings (SSSR count). The van der Waals surface area contributed by atoms with Gasteiger partial charge in [-0.05, 0) is 12.1 Å². The first-order valence-corrected chi connectivity index (χ1v) is 4.24. The van der Waals surface area contributed by atoms with Gasteiger partial charge in [-0.2, -0.15) is 18.4 Å². The minimum absolute atomic E-state index is 0.389. The number of phenolic OH excluding ortho intramolecular Hbond substituents is 1. The number of methoxy groups -OCH3 is 1. The van der Waals surface area contributed by atoms with Crippen LogP contribution in [0.15, 0.2) is 12.1 Å². The summed E-state index contributed by atoms with van der Waals surface area (Å²) in [5, 5.41) is 17.8. The van der Waals surface area contributed by atoms with Crippen molar-refractivity contribution in [2.45, 2.75) is 6.18 Å². The number of benzene rings is 1. The maximum Gasteiger partial charge on any atom is 0.417 e. The van der Waals surface area contributed by atoms with Gasteiger partial charge in [0.1, 0.15) is 11.3 Å². The molecule has 0 radical (unpaired) electrons. The lowest BCUT2D eigenvalue weighted by molar-refractivity contribution is -0.137. The largest absolute Gasteiger partial charge is 0.507 e. The van der Waals surface area contributed by atoms with E-state index in [4.69, 9.17) is 5.26 Å². The predicted molar refractivity (Wildman–Crippen MR) is 49.2 cm³/mol. The van der Waals surface area contributed by atoms with Crippen molar-refractivity contribution in [3.63, 3.8) is 0 Å². The molecule has 0 heterocycles. The molecule has 1 N–H and O–H groups in total. The summed E-state index contributed by atoms with van der Waals surface area (Å²) in [7, 11) is 0.966. The van der Waals surface area contributed by atoms with Gasteiger partial charge in [-0.1, -0.05) is 0 Å². The van der Waals surface area contributed by atoms with Crippen LogP contribution in [0.2, 0.25) is 0 Å². The zero-order chi connectivity index (χ0) is 13.2. The van der Waals surface area contributed by atoms with Gasteiger partial charge < -0.3 is 9.84 Å². The van der Waals surface area contributed by atoms with Gasteiger partial charge in [0, 0.05) is 0 Å². The van der Waals surface area contributed by atoms with Crippen molar-refractivity contribution in [1.29, 1.82) is 5.26 Å². The standard InChI is InChI=1S/C10H6F3NO3/c1-17-9(16)6-3-7(10(11,12)13)5(4-14)2-8(6)15/h2-3,15H,1H3. The molecular weight excluding hydrogens is 239 g/mol. The van der Waals surface area contributed by atoms with Crippen molar-refractivity contribution in [3.8, 4) is 11.8 Å². The van der Waals surface area contributed by atoms with Gasteiger partial charge in [0.25, 0.3) is 0 Å². The van der Waals surface area contributed by atoms with E-state index in [1.54, 1.807) is 0 Å². The van der Waals surface area contributed by atoms with E-state index in [9.17, 15) is 23.1 Å². The summed E-state index contributed by atoms with van der Waals surface area (Å²) in [5.74, 6) is -1.85. The molecule has 0 fully saturated rings. The molecule has 7 heteroatoms. The molecule has 0 aliphatic carbocycles. The van der Waals surface area contributed by atoms with E-state index in [0.29, 0.717) is 12.1 Å². The quantitative estimate of drug-likeness (QED) is 0.769. The van der Waals surface area contributed by atoms with E-state index in [0.717, 1.165) is 7.11 Å². The van der Waals surface area contributed by atoms with Crippen molar-refractivity contribution in [3.05, 3.63) is 28.8 Å². The van der Waals surface area contributed by atoms with Crippen LogP contribution in [0.3, 0.4) is 0 Å². The molecule has 1 aromatic rings. The summed E-state index contributed by atoms with van der Waals surface area (Å²) < 4.78 is 41.8. The Morgan fingerprint density at radius 3 is 2.47 bits per heavy atom. The molecule has 0 amide bonds. The van der Waals surface area contributed by atoms with E-state index in [1.807, 2.05) is 0 Å². The van der Waals surface area contributed by atoms with Gasteiger partial charge in [-0.3, -0.25) is 0 Å². The number of hydrogen-bond donors (Lipinski definition) is 1. The van der Waals surface area contributed by atoms with Gasteiger partial charge in [-0.25, -0.2) is 4.79 Å². The highest BCUT2D eigenvalue weighted by Gasteiger charge is 2.35. The number of hydrogen-bond acceptors (Lipinski definition) is 4. The fraction of sp³-hybridized carbons (Fsp3) is 0.200. The molecular formula is C10H6F3NO3. The van der Waals surface area contributed by atoms with Gasteiger partial charge in [0.2, 0.25) is 0 Å². The van der Waals surface area contributed by atoms with Crippen LogP contribution >= 0.6 is 0 Å². The third-order valence-corrected chi connectivity index (χ3v) is 1.97. The van der Waals surface area contributed by atoms with Crippen LogP contribution in [0, 0.1) is 11.3 Å². The Balaban J connectivity index is 3.50. The number of carbonyl (C=O) groups is 1. The first kappa shape index (κ1) is 12.8. The third kappa shape index (κ3) is 2.47. The summed E-state index contributed by atoms with van der Waals surface area (Å²) in [4.78, 5) is 11.1. The van der Waals surface area contributed by atoms with Gasteiger partial charge in [-0.15, -0.1) is 0 Å². The molecule has 0 aromatic heterocycles. The zero-order valence-electron chi connectivity index (χ0n) is 8.50. The highest BCUT2D eigenvalue weighted by molar-refractivity contribution is 5.92. The fourth-order valence-electron chi connectivity index (χ4n) is 1.19. The van der Waals surface area contributed by atoms with Crippen molar-refractivity contribution < 1.29 is 27.8 Å². The first-order valence-electron chi connectivity index (χ1n) is 4.24. The van der Waals surface area contributed by atoms with E-state index < -0.39 is 34.6 Å².